The summed E-state index contributed by atoms with van der Waals surface area (Å²) in [6.07, 6.45) is -0.375. The van der Waals surface area contributed by atoms with Gasteiger partial charge in [-0.1, -0.05) is 18.2 Å². The Morgan fingerprint density at radius 3 is 2.52 bits per heavy atom. The third-order valence-electron chi connectivity index (χ3n) is 3.84. The van der Waals surface area contributed by atoms with Crippen LogP contribution in [0.1, 0.15) is 31.7 Å². The summed E-state index contributed by atoms with van der Waals surface area (Å²) < 4.78 is 29.7. The minimum atomic E-state index is -1.04. The van der Waals surface area contributed by atoms with Crippen LogP contribution in [0.2, 0.25) is 0 Å². The van der Waals surface area contributed by atoms with Crippen molar-refractivity contribution in [2.45, 2.75) is 26.2 Å². The molecule has 1 aliphatic rings. The molecule has 1 aliphatic heterocycles. The number of hydrogen-bond donors (Lipinski definition) is 1. The fourth-order valence-corrected chi connectivity index (χ4v) is 2.75. The Labute approximate surface area is 155 Å². The lowest BCUT2D eigenvalue weighted by Gasteiger charge is -2.28. The van der Waals surface area contributed by atoms with Gasteiger partial charge in [0.1, 0.15) is 11.9 Å². The van der Waals surface area contributed by atoms with E-state index in [-0.39, 0.29) is 48.0 Å². The van der Waals surface area contributed by atoms with Crippen molar-refractivity contribution in [3.8, 4) is 6.07 Å². The number of carbonyl (C=O) groups excluding carboxylic acids is 2. The minimum Gasteiger partial charge on any atom is -0.466 e. The number of hydrogen-bond acceptors (Lipinski definition) is 7. The monoisotopic (exact) mass is 374 g/mol. The number of allylic oxidation sites excluding steroid dienone is 2. The summed E-state index contributed by atoms with van der Waals surface area (Å²) in [4.78, 5) is 24.4. The van der Waals surface area contributed by atoms with Gasteiger partial charge < -0.3 is 19.9 Å². The summed E-state index contributed by atoms with van der Waals surface area (Å²) in [5, 5.41) is 9.30. The van der Waals surface area contributed by atoms with Crippen molar-refractivity contribution < 1.29 is 28.2 Å². The van der Waals surface area contributed by atoms with Gasteiger partial charge in [-0.25, -0.2) is 9.18 Å². The van der Waals surface area contributed by atoms with E-state index in [9.17, 15) is 19.2 Å². The lowest BCUT2D eigenvalue weighted by atomic mass is 9.83. The second kappa shape index (κ2) is 8.85. The molecule has 0 aliphatic carbocycles. The van der Waals surface area contributed by atoms with E-state index in [1.165, 1.54) is 18.2 Å². The van der Waals surface area contributed by atoms with Crippen LogP contribution < -0.4 is 5.73 Å². The molecule has 1 aromatic carbocycles. The Balaban J connectivity index is 2.66. The van der Waals surface area contributed by atoms with E-state index < -0.39 is 23.7 Å². The van der Waals surface area contributed by atoms with Crippen molar-refractivity contribution >= 4 is 11.9 Å². The van der Waals surface area contributed by atoms with Crippen LogP contribution in [-0.2, 0) is 23.8 Å². The maximum absolute atomic E-state index is 14.5. The molecule has 8 heteroatoms. The van der Waals surface area contributed by atoms with Crippen molar-refractivity contribution in [2.24, 2.45) is 5.73 Å². The highest BCUT2D eigenvalue weighted by atomic mass is 19.1. The topological polar surface area (TPSA) is 112 Å². The first-order valence-electron chi connectivity index (χ1n) is 8.32. The molecular formula is C19H19FN2O5. The molecule has 1 aromatic rings. The lowest BCUT2D eigenvalue weighted by molar-refractivity contribution is -0.142. The van der Waals surface area contributed by atoms with Crippen molar-refractivity contribution in [1.29, 1.82) is 5.26 Å². The molecule has 1 unspecified atom stereocenters. The van der Waals surface area contributed by atoms with Crippen LogP contribution >= 0.6 is 0 Å². The molecule has 7 nitrogen and oxygen atoms in total. The van der Waals surface area contributed by atoms with E-state index in [0.29, 0.717) is 0 Å². The van der Waals surface area contributed by atoms with Crippen LogP contribution in [0, 0.1) is 17.1 Å². The fourth-order valence-electron chi connectivity index (χ4n) is 2.75. The molecule has 2 N–H and O–H groups in total. The van der Waals surface area contributed by atoms with E-state index in [1.807, 2.05) is 0 Å². The highest BCUT2D eigenvalue weighted by Gasteiger charge is 2.37. The first kappa shape index (κ1) is 20.0. The Morgan fingerprint density at radius 2 is 1.93 bits per heavy atom. The first-order valence-corrected chi connectivity index (χ1v) is 8.32. The summed E-state index contributed by atoms with van der Waals surface area (Å²) in [7, 11) is 0. The number of nitriles is 1. The fraction of sp³-hybridized carbons (Fsp3) is 0.316. The summed E-state index contributed by atoms with van der Waals surface area (Å²) >= 11 is 0. The number of benzene rings is 1. The zero-order valence-electron chi connectivity index (χ0n) is 15.0. The maximum atomic E-state index is 14.5. The second-order valence-corrected chi connectivity index (χ2v) is 5.51. The molecule has 1 heterocycles. The molecule has 142 valence electrons. The van der Waals surface area contributed by atoms with Gasteiger partial charge in [-0.15, -0.1) is 0 Å². The van der Waals surface area contributed by atoms with Crippen molar-refractivity contribution in [1.82, 2.24) is 0 Å². The molecule has 0 aromatic heterocycles. The molecule has 0 saturated carbocycles. The molecule has 2 rings (SSSR count). The number of carbonyl (C=O) groups is 2. The van der Waals surface area contributed by atoms with Gasteiger partial charge in [0.2, 0.25) is 11.5 Å². The van der Waals surface area contributed by atoms with Crippen LogP contribution in [0.15, 0.2) is 47.1 Å². The van der Waals surface area contributed by atoms with Gasteiger partial charge in [0.05, 0.1) is 31.2 Å². The summed E-state index contributed by atoms with van der Waals surface area (Å²) in [6.45, 7) is 3.40. The van der Waals surface area contributed by atoms with E-state index in [2.05, 4.69) is 0 Å². The van der Waals surface area contributed by atoms with E-state index >= 15 is 0 Å². The predicted molar refractivity (Wildman–Crippen MR) is 92.0 cm³/mol. The van der Waals surface area contributed by atoms with Crippen LogP contribution in [0.25, 0.3) is 0 Å². The third kappa shape index (κ3) is 4.26. The summed E-state index contributed by atoms with van der Waals surface area (Å²) in [6, 6.07) is 7.50. The molecule has 1 atom stereocenters. The largest absolute Gasteiger partial charge is 0.466 e. The molecule has 0 radical (unpaired) electrons. The molecule has 0 bridgehead atoms. The molecule has 0 spiro atoms. The predicted octanol–water partition coefficient (Wildman–Crippen LogP) is 2.40. The number of rotatable bonds is 6. The van der Waals surface area contributed by atoms with Crippen LogP contribution in [0.4, 0.5) is 4.39 Å². The lowest BCUT2D eigenvalue weighted by Crippen LogP contribution is -2.28. The average Bonchev–Trinajstić information content (AvgIpc) is 2.63. The highest BCUT2D eigenvalue weighted by Crippen LogP contribution is 2.41. The zero-order chi connectivity index (χ0) is 20.0. The normalized spacial score (nSPS) is 16.4. The van der Waals surface area contributed by atoms with Gasteiger partial charge in [-0.3, -0.25) is 4.79 Å². The number of ether oxygens (including phenoxy) is 3. The molecule has 0 saturated heterocycles. The number of nitrogens with zero attached hydrogens (tertiary/aromatic N) is 1. The maximum Gasteiger partial charge on any atom is 0.374 e. The van der Waals surface area contributed by atoms with Gasteiger partial charge in [-0.05, 0) is 19.9 Å². The van der Waals surface area contributed by atoms with Gasteiger partial charge in [-0.2, -0.15) is 5.26 Å². The molecular weight excluding hydrogens is 355 g/mol. The SMILES string of the molecule is CCOC(=O)CC1=C(C(=O)OCC)OC(C#N)=C(N)C1c1ccccc1F. The van der Waals surface area contributed by atoms with Crippen molar-refractivity contribution in [2.75, 3.05) is 13.2 Å². The molecule has 0 fully saturated rings. The minimum absolute atomic E-state index is 0.0455. The van der Waals surface area contributed by atoms with Gasteiger partial charge in [0.25, 0.3) is 0 Å². The van der Waals surface area contributed by atoms with Crippen LogP contribution in [-0.4, -0.2) is 25.2 Å². The van der Waals surface area contributed by atoms with Gasteiger partial charge >= 0.3 is 11.9 Å². The quantitative estimate of drug-likeness (QED) is 0.761. The summed E-state index contributed by atoms with van der Waals surface area (Å²) in [5.74, 6) is -3.87. The van der Waals surface area contributed by atoms with E-state index in [4.69, 9.17) is 19.9 Å². The highest BCUT2D eigenvalue weighted by molar-refractivity contribution is 5.90. The summed E-state index contributed by atoms with van der Waals surface area (Å²) in [5.41, 5.74) is 6.12. The van der Waals surface area contributed by atoms with Crippen molar-refractivity contribution in [3.63, 3.8) is 0 Å². The number of esters is 2. The standard InChI is InChI=1S/C19H19FN2O5/c1-3-25-15(23)9-12-16(11-7-5-6-8-13(11)20)17(22)14(10-21)27-18(12)19(24)26-4-2/h5-8,16H,3-4,9,22H2,1-2H3. The second-order valence-electron chi connectivity index (χ2n) is 5.51. The third-order valence-corrected chi connectivity index (χ3v) is 3.84. The number of halogens is 1. The number of nitrogens with two attached hydrogens (primary N) is 1. The average molecular weight is 374 g/mol. The van der Waals surface area contributed by atoms with Crippen molar-refractivity contribution in [3.05, 3.63) is 58.4 Å². The zero-order valence-corrected chi connectivity index (χ0v) is 15.0. The van der Waals surface area contributed by atoms with Gasteiger partial charge in [0.15, 0.2) is 0 Å². The smallest absolute Gasteiger partial charge is 0.374 e. The molecule has 0 amide bonds. The van der Waals surface area contributed by atoms with E-state index in [0.717, 1.165) is 0 Å². The van der Waals surface area contributed by atoms with Crippen LogP contribution in [0.3, 0.4) is 0 Å². The Morgan fingerprint density at radius 1 is 1.26 bits per heavy atom. The Kier molecular flexibility index (Phi) is 6.55. The molecule has 27 heavy (non-hydrogen) atoms. The van der Waals surface area contributed by atoms with Crippen LogP contribution in [0.5, 0.6) is 0 Å². The Bertz CT molecular complexity index is 854. The first-order chi connectivity index (χ1) is 12.9. The van der Waals surface area contributed by atoms with Gasteiger partial charge in [0, 0.05) is 11.1 Å². The Hall–Kier alpha value is -3.34. The van der Waals surface area contributed by atoms with E-state index in [1.54, 1.807) is 26.0 Å².